The number of benzene rings is 3. The van der Waals surface area contributed by atoms with Gasteiger partial charge in [-0.1, -0.05) is 61.6 Å². The van der Waals surface area contributed by atoms with Gasteiger partial charge in [-0.25, -0.2) is 0 Å². The number of halogens is 2. The smallest absolute Gasteiger partial charge is 0.171 e. The Balaban J connectivity index is 0.000000328. The van der Waals surface area contributed by atoms with E-state index in [0.29, 0.717) is 12.1 Å². The number of hydrogen-bond donors (Lipinski definition) is 0. The molecule has 44 heavy (non-hydrogen) atoms. The van der Waals surface area contributed by atoms with Crippen LogP contribution in [0.5, 0.6) is 0 Å². The molecule has 0 bridgehead atoms. The maximum absolute atomic E-state index is 3.39. The Bertz CT molecular complexity index is 1350. The van der Waals surface area contributed by atoms with Gasteiger partial charge in [0.2, 0.25) is 0 Å². The molecule has 0 fully saturated rings. The van der Waals surface area contributed by atoms with Crippen molar-refractivity contribution in [1.29, 1.82) is 0 Å². The maximum atomic E-state index is 3.39. The Morgan fingerprint density at radius 1 is 0.614 bits per heavy atom. The fourth-order valence-corrected chi connectivity index (χ4v) is 5.18. The zero-order valence-corrected chi connectivity index (χ0v) is 31.8. The molecule has 2 nitrogen and oxygen atoms in total. The van der Waals surface area contributed by atoms with E-state index in [0.717, 1.165) is 0 Å². The van der Waals surface area contributed by atoms with Crippen molar-refractivity contribution in [1.82, 2.24) is 0 Å². The normalized spacial score (nSPS) is 17.8. The average Bonchev–Trinajstić information content (AvgIpc) is 3.74. The van der Waals surface area contributed by atoms with E-state index in [4.69, 9.17) is 0 Å². The number of nitrogens with zero attached hydrogens (tertiary/aromatic N) is 2. The molecule has 0 amide bonds. The number of fused-ring (bicyclic) bond motifs is 2. The Hall–Kier alpha value is -2.62. The second-order valence-electron chi connectivity index (χ2n) is 9.81. The minimum absolute atomic E-state index is 0. The molecule has 0 spiro atoms. The zero-order chi connectivity index (χ0) is 30.5. The number of rotatable bonds is 2. The van der Waals surface area contributed by atoms with E-state index in [9.17, 15) is 0 Å². The summed E-state index contributed by atoms with van der Waals surface area (Å²) in [7, 11) is 0. The monoisotopic (exact) mass is 714 g/mol. The van der Waals surface area contributed by atoms with Crippen molar-refractivity contribution in [3.05, 3.63) is 174 Å². The quantitative estimate of drug-likeness (QED) is 0.193. The first-order valence-electron chi connectivity index (χ1n) is 14.3. The largest absolute Gasteiger partial charge is 0.184 e. The topological polar surface area (TPSA) is 6.48 Å². The van der Waals surface area contributed by atoms with E-state index in [-0.39, 0.29) is 24.8 Å². The van der Waals surface area contributed by atoms with Crippen molar-refractivity contribution in [2.45, 2.75) is 46.7 Å². The molecule has 6 heteroatoms. The van der Waals surface area contributed by atoms with Gasteiger partial charge in [0.1, 0.15) is 0 Å². The van der Waals surface area contributed by atoms with Crippen LogP contribution in [-0.2, 0) is 23.3 Å². The molecule has 0 aromatic heterocycles. The molecule has 0 N–H and O–H groups in total. The standard InChI is InChI=1S/2C15H14N.C6H5.C2H5.2ClH.H2Si.Zr/c2*1-11-8-13-10-12(2)16(15(13)9-11)14-6-4-3-5-7-14;1-2-4-6-5-3-1;1-2;;;;/h2*3-7,9-10,12H,1-2H3;1-5H;1H2,2H3;2*1H;1H2;/q4*-1;;;;. The first-order valence-corrected chi connectivity index (χ1v) is 20.2. The Morgan fingerprint density at radius 2 is 0.955 bits per heavy atom. The van der Waals surface area contributed by atoms with Crippen LogP contribution >= 0.6 is 24.8 Å². The minimum Gasteiger partial charge on any atom is -0.184 e. The van der Waals surface area contributed by atoms with Gasteiger partial charge in [-0.2, -0.15) is 43.3 Å². The molecule has 3 aromatic carbocycles. The second kappa shape index (κ2) is 20.4. The first kappa shape index (κ1) is 39.4. The molecule has 3 aromatic rings. The van der Waals surface area contributed by atoms with Crippen molar-refractivity contribution < 1.29 is 23.3 Å². The summed E-state index contributed by atoms with van der Waals surface area (Å²) in [6.07, 6.45) is 15.7. The fourth-order valence-electron chi connectivity index (χ4n) is 5.18. The second-order valence-corrected chi connectivity index (χ2v) is 9.81. The van der Waals surface area contributed by atoms with Crippen molar-refractivity contribution in [2.24, 2.45) is 0 Å². The molecule has 0 saturated heterocycles. The fraction of sp³-hybridized carbons (Fsp3) is 0.184. The van der Waals surface area contributed by atoms with Gasteiger partial charge >= 0.3 is 30.2 Å². The summed E-state index contributed by atoms with van der Waals surface area (Å²) in [6.45, 7) is 15.6. The molecule has 4 aliphatic rings. The summed E-state index contributed by atoms with van der Waals surface area (Å²) < 4.78 is 0. The zero-order valence-electron chi connectivity index (χ0n) is 26.2. The van der Waals surface area contributed by atoms with E-state index in [1.807, 2.05) is 37.2 Å². The Morgan fingerprint density at radius 3 is 1.25 bits per heavy atom. The summed E-state index contributed by atoms with van der Waals surface area (Å²) in [4.78, 5) is 4.72. The first-order chi connectivity index (χ1) is 20.5. The summed E-state index contributed by atoms with van der Waals surface area (Å²) in [5.74, 6) is 0. The molecule has 230 valence electrons. The van der Waals surface area contributed by atoms with Crippen LogP contribution in [0.3, 0.4) is 0 Å². The Kier molecular flexibility index (Phi) is 18.3. The molecular weight excluding hydrogens is 675 g/mol. The molecular formula is C38H42Cl2N2SiZr-4. The van der Waals surface area contributed by atoms with E-state index >= 15 is 0 Å². The van der Waals surface area contributed by atoms with Crippen LogP contribution in [0.25, 0.3) is 0 Å². The van der Waals surface area contributed by atoms with Gasteiger partial charge in [0.15, 0.2) is 0 Å². The third kappa shape index (κ3) is 10.2. The van der Waals surface area contributed by atoms with Crippen LogP contribution < -0.4 is 9.80 Å². The van der Waals surface area contributed by atoms with Gasteiger partial charge in [0.25, 0.3) is 0 Å². The molecule has 0 radical (unpaired) electrons. The number of hydrogen-bond acceptors (Lipinski definition) is 2. The van der Waals surface area contributed by atoms with Crippen LogP contribution in [0.15, 0.2) is 149 Å². The van der Waals surface area contributed by atoms with Gasteiger partial charge in [-0.15, -0.1) is 83.6 Å². The molecule has 2 atom stereocenters. The van der Waals surface area contributed by atoms with Crippen LogP contribution in [0.1, 0.15) is 34.6 Å². The molecule has 7 rings (SSSR count). The predicted molar refractivity (Wildman–Crippen MR) is 193 cm³/mol. The van der Waals surface area contributed by atoms with Gasteiger partial charge in [-0.3, -0.25) is 0 Å². The van der Waals surface area contributed by atoms with Gasteiger partial charge in [0.05, 0.1) is 0 Å². The van der Waals surface area contributed by atoms with Crippen LogP contribution in [-0.4, -0.2) is 19.0 Å². The van der Waals surface area contributed by atoms with Crippen LogP contribution in [0, 0.1) is 25.1 Å². The van der Waals surface area contributed by atoms with Gasteiger partial charge in [-0.05, 0) is 38.1 Å². The molecule has 2 aliphatic carbocycles. The average molecular weight is 717 g/mol. The molecule has 2 unspecified atom stereocenters. The molecule has 0 saturated carbocycles. The third-order valence-electron chi connectivity index (χ3n) is 6.75. The third-order valence-corrected chi connectivity index (χ3v) is 6.75. The van der Waals surface area contributed by atoms with Crippen molar-refractivity contribution in [3.8, 4) is 0 Å². The van der Waals surface area contributed by atoms with Crippen molar-refractivity contribution >= 4 is 43.1 Å². The number of allylic oxidation sites excluding steroid dienone is 6. The van der Waals surface area contributed by atoms with Crippen molar-refractivity contribution in [3.63, 3.8) is 0 Å². The summed E-state index contributed by atoms with van der Waals surface area (Å²) in [6, 6.07) is 34.4. The summed E-state index contributed by atoms with van der Waals surface area (Å²) >= 11 is 1.58. The SMILES string of the molecule is CC1=[C-]C2=CC(C)N(c3ccccc3)C2=C1.CC1=[C-]C2=CC(C)N(c3ccccc3)C2=C1.Cl.Cl.[CH2-]C.[SiH2]=[Zr].[c-]1ccccc1. The van der Waals surface area contributed by atoms with E-state index < -0.39 is 0 Å². The summed E-state index contributed by atoms with van der Waals surface area (Å²) in [5.41, 5.74) is 10.0. The maximum Gasteiger partial charge on any atom is -0.171 e. The van der Waals surface area contributed by atoms with Crippen LogP contribution in [0.2, 0.25) is 0 Å². The summed E-state index contributed by atoms with van der Waals surface area (Å²) in [5, 5.41) is 0. The van der Waals surface area contributed by atoms with E-state index in [2.05, 4.69) is 148 Å². The molecule has 2 aliphatic heterocycles. The van der Waals surface area contributed by atoms with Crippen LogP contribution in [0.4, 0.5) is 11.4 Å². The van der Waals surface area contributed by atoms with Gasteiger partial charge in [0, 0.05) is 23.5 Å². The minimum atomic E-state index is 0. The number of anilines is 2. The van der Waals surface area contributed by atoms with Gasteiger partial charge < -0.3 is 16.7 Å². The predicted octanol–water partition coefficient (Wildman–Crippen LogP) is 9.19. The molecule has 2 heterocycles. The number of para-hydroxylation sites is 2. The van der Waals surface area contributed by atoms with E-state index in [1.54, 1.807) is 30.3 Å². The van der Waals surface area contributed by atoms with E-state index in [1.165, 1.54) is 45.1 Å². The Labute approximate surface area is 295 Å². The van der Waals surface area contributed by atoms with Crippen molar-refractivity contribution in [2.75, 3.05) is 9.80 Å².